The summed E-state index contributed by atoms with van der Waals surface area (Å²) in [7, 11) is 0. The van der Waals surface area contributed by atoms with Crippen molar-refractivity contribution in [2.45, 2.75) is 51.1 Å². The maximum absolute atomic E-state index is 12.3. The molecule has 0 radical (unpaired) electrons. The molecular weight excluding hydrogens is 250 g/mol. The van der Waals surface area contributed by atoms with E-state index in [4.69, 9.17) is 0 Å². The minimum Gasteiger partial charge on any atom is -0.338 e. The number of rotatable bonds is 3. The summed E-state index contributed by atoms with van der Waals surface area (Å²) in [5.41, 5.74) is 1.53. The van der Waals surface area contributed by atoms with Crippen LogP contribution >= 0.6 is 0 Å². The third kappa shape index (κ3) is 2.30. The molecule has 4 nitrogen and oxygen atoms in total. The fraction of sp³-hybridized carbons (Fsp3) is 0.500. The van der Waals surface area contributed by atoms with Crippen molar-refractivity contribution < 1.29 is 4.79 Å². The Morgan fingerprint density at radius 1 is 1.25 bits per heavy atom. The molecule has 1 aromatic carbocycles. The van der Waals surface area contributed by atoms with Crippen LogP contribution < -0.4 is 10.6 Å². The Morgan fingerprint density at radius 2 is 1.90 bits per heavy atom. The zero-order valence-electron chi connectivity index (χ0n) is 12.2. The second-order valence-corrected chi connectivity index (χ2v) is 6.19. The summed E-state index contributed by atoms with van der Waals surface area (Å²) in [6, 6.07) is 8.64. The van der Waals surface area contributed by atoms with Crippen LogP contribution in [0.4, 0.5) is 0 Å². The van der Waals surface area contributed by atoms with Gasteiger partial charge >= 0.3 is 0 Å². The van der Waals surface area contributed by atoms with Crippen LogP contribution in [0.25, 0.3) is 0 Å². The Kier molecular flexibility index (Phi) is 3.04. The molecule has 1 amide bonds. The van der Waals surface area contributed by atoms with Gasteiger partial charge < -0.3 is 5.32 Å². The highest BCUT2D eigenvalue weighted by Gasteiger charge is 2.42. The highest BCUT2D eigenvalue weighted by atomic mass is 16.2. The van der Waals surface area contributed by atoms with E-state index in [0.717, 1.165) is 18.4 Å². The lowest BCUT2D eigenvalue weighted by atomic mass is 9.90. The maximum Gasteiger partial charge on any atom is 0.256 e. The predicted molar refractivity (Wildman–Crippen MR) is 79.6 cm³/mol. The lowest BCUT2D eigenvalue weighted by molar-refractivity contribution is -0.123. The van der Waals surface area contributed by atoms with E-state index in [0.29, 0.717) is 17.9 Å². The summed E-state index contributed by atoms with van der Waals surface area (Å²) in [6.45, 7) is 6.23. The molecule has 106 valence electrons. The molecule has 3 rings (SSSR count). The van der Waals surface area contributed by atoms with Crippen molar-refractivity contribution in [1.82, 2.24) is 10.6 Å². The molecule has 1 aliphatic heterocycles. The number of carbonyl (C=O) groups is 1. The lowest BCUT2D eigenvalue weighted by Gasteiger charge is -2.22. The molecule has 1 aromatic rings. The van der Waals surface area contributed by atoms with Gasteiger partial charge in [0.05, 0.1) is 6.04 Å². The van der Waals surface area contributed by atoms with Gasteiger partial charge in [-0.2, -0.15) is 0 Å². The van der Waals surface area contributed by atoms with Crippen LogP contribution in [0.1, 0.15) is 50.7 Å². The number of nitrogens with zero attached hydrogens (tertiary/aromatic N) is 1. The molecule has 2 fully saturated rings. The Hall–Kier alpha value is -1.84. The van der Waals surface area contributed by atoms with Crippen molar-refractivity contribution in [2.75, 3.05) is 0 Å². The van der Waals surface area contributed by atoms with Gasteiger partial charge in [-0.3, -0.25) is 10.1 Å². The molecule has 2 aliphatic rings. The number of nitrogens with one attached hydrogen (secondary N) is 2. The minimum absolute atomic E-state index is 0.0332. The number of guanidine groups is 1. The molecule has 0 bridgehead atoms. The monoisotopic (exact) mass is 271 g/mol. The van der Waals surface area contributed by atoms with Crippen LogP contribution in [0.15, 0.2) is 29.3 Å². The van der Waals surface area contributed by atoms with Gasteiger partial charge in [-0.25, -0.2) is 4.99 Å². The third-order valence-electron chi connectivity index (χ3n) is 4.07. The number of amides is 1. The summed E-state index contributed by atoms with van der Waals surface area (Å²) in [5, 5.41) is 6.09. The average Bonchev–Trinajstić information content (AvgIpc) is 3.17. The third-order valence-corrected chi connectivity index (χ3v) is 4.07. The molecule has 1 saturated carbocycles. The van der Waals surface area contributed by atoms with Crippen molar-refractivity contribution in [1.29, 1.82) is 0 Å². The van der Waals surface area contributed by atoms with Gasteiger partial charge in [0.1, 0.15) is 5.54 Å². The predicted octanol–water partition coefficient (Wildman–Crippen LogP) is 2.26. The standard InChI is InChI=1S/C16H21N3O/c1-10(2)11-4-6-12(7-5-11)16(3)14(20)18-15(19-16)17-13-8-9-13/h4-7,10,13H,8-9H2,1-3H3,(H2,17,18,19,20). The second kappa shape index (κ2) is 4.62. The quantitative estimate of drug-likeness (QED) is 0.886. The zero-order valence-corrected chi connectivity index (χ0v) is 12.2. The summed E-state index contributed by atoms with van der Waals surface area (Å²) >= 11 is 0. The fourth-order valence-electron chi connectivity index (χ4n) is 2.41. The van der Waals surface area contributed by atoms with Gasteiger partial charge in [0.15, 0.2) is 5.96 Å². The van der Waals surface area contributed by atoms with Gasteiger partial charge in [0.2, 0.25) is 0 Å². The summed E-state index contributed by atoms with van der Waals surface area (Å²) in [5.74, 6) is 1.08. The van der Waals surface area contributed by atoms with Crippen molar-refractivity contribution in [2.24, 2.45) is 4.99 Å². The first-order chi connectivity index (χ1) is 9.49. The van der Waals surface area contributed by atoms with Crippen LogP contribution in [-0.4, -0.2) is 17.9 Å². The Bertz CT molecular complexity index is 558. The lowest BCUT2D eigenvalue weighted by Crippen LogP contribution is -2.40. The van der Waals surface area contributed by atoms with Crippen molar-refractivity contribution in [3.8, 4) is 0 Å². The number of hydrogen-bond donors (Lipinski definition) is 2. The normalized spacial score (nSPS) is 27.8. The van der Waals surface area contributed by atoms with E-state index < -0.39 is 5.54 Å². The largest absolute Gasteiger partial charge is 0.338 e. The Morgan fingerprint density at radius 3 is 2.45 bits per heavy atom. The molecule has 1 aliphatic carbocycles. The van der Waals surface area contributed by atoms with Gasteiger partial charge in [-0.05, 0) is 36.8 Å². The molecular formula is C16H21N3O. The average molecular weight is 271 g/mol. The maximum atomic E-state index is 12.3. The van der Waals surface area contributed by atoms with Crippen molar-refractivity contribution in [3.63, 3.8) is 0 Å². The van der Waals surface area contributed by atoms with E-state index in [1.165, 1.54) is 5.56 Å². The van der Waals surface area contributed by atoms with E-state index in [2.05, 4.69) is 41.6 Å². The number of benzene rings is 1. The molecule has 0 spiro atoms. The molecule has 20 heavy (non-hydrogen) atoms. The highest BCUT2D eigenvalue weighted by molar-refractivity contribution is 6.09. The summed E-state index contributed by atoms with van der Waals surface area (Å²) in [6.07, 6.45) is 2.25. The number of hydrogen-bond acceptors (Lipinski definition) is 2. The van der Waals surface area contributed by atoms with Crippen LogP contribution in [0, 0.1) is 0 Å². The SMILES string of the molecule is CC(C)c1ccc(C2(C)NC(=NC3CC3)NC2=O)cc1. The summed E-state index contributed by atoms with van der Waals surface area (Å²) in [4.78, 5) is 16.8. The second-order valence-electron chi connectivity index (χ2n) is 6.19. The topological polar surface area (TPSA) is 53.5 Å². The fourth-order valence-corrected chi connectivity index (χ4v) is 2.41. The Balaban J connectivity index is 1.85. The van der Waals surface area contributed by atoms with Gasteiger partial charge in [0, 0.05) is 0 Å². The van der Waals surface area contributed by atoms with Crippen molar-refractivity contribution in [3.05, 3.63) is 35.4 Å². The molecule has 1 atom stereocenters. The number of carbonyl (C=O) groups excluding carboxylic acids is 1. The molecule has 4 heteroatoms. The van der Waals surface area contributed by atoms with Crippen LogP contribution in [0.3, 0.4) is 0 Å². The van der Waals surface area contributed by atoms with E-state index in [-0.39, 0.29) is 5.91 Å². The molecule has 1 heterocycles. The zero-order chi connectivity index (χ0) is 14.3. The van der Waals surface area contributed by atoms with Gasteiger partial charge in [-0.1, -0.05) is 38.1 Å². The summed E-state index contributed by atoms with van der Waals surface area (Å²) < 4.78 is 0. The smallest absolute Gasteiger partial charge is 0.256 e. The van der Waals surface area contributed by atoms with Gasteiger partial charge in [0.25, 0.3) is 5.91 Å². The van der Waals surface area contributed by atoms with E-state index in [1.54, 1.807) is 0 Å². The highest BCUT2D eigenvalue weighted by Crippen LogP contribution is 2.28. The number of aliphatic imine (C=N–C) groups is 1. The first kappa shape index (κ1) is 13.2. The molecule has 0 aromatic heterocycles. The van der Waals surface area contributed by atoms with E-state index in [1.807, 2.05) is 19.1 Å². The van der Waals surface area contributed by atoms with E-state index in [9.17, 15) is 4.79 Å². The first-order valence-electron chi connectivity index (χ1n) is 7.27. The van der Waals surface area contributed by atoms with Crippen LogP contribution in [-0.2, 0) is 10.3 Å². The Labute approximate surface area is 119 Å². The first-order valence-corrected chi connectivity index (χ1v) is 7.27. The van der Waals surface area contributed by atoms with Crippen LogP contribution in [0.5, 0.6) is 0 Å². The minimum atomic E-state index is -0.719. The van der Waals surface area contributed by atoms with E-state index >= 15 is 0 Å². The van der Waals surface area contributed by atoms with Gasteiger partial charge in [-0.15, -0.1) is 0 Å². The molecule has 1 unspecified atom stereocenters. The molecule has 1 saturated heterocycles. The van der Waals surface area contributed by atoms with Crippen molar-refractivity contribution >= 4 is 11.9 Å². The molecule has 2 N–H and O–H groups in total. The van der Waals surface area contributed by atoms with Crippen LogP contribution in [0.2, 0.25) is 0 Å².